The van der Waals surface area contributed by atoms with Gasteiger partial charge in [-0.3, -0.25) is 10.5 Å². The van der Waals surface area contributed by atoms with Crippen LogP contribution in [-0.2, 0) is 0 Å². The number of para-hydroxylation sites is 1. The Morgan fingerprint density at radius 3 is 1.69 bits per heavy atom. The van der Waals surface area contributed by atoms with Crippen LogP contribution in [0.3, 0.4) is 0 Å². The maximum absolute atomic E-state index is 12.8. The molecule has 0 heterocycles. The van der Waals surface area contributed by atoms with Crippen molar-refractivity contribution in [1.29, 1.82) is 0 Å². The zero-order chi connectivity index (χ0) is 24.3. The number of carbonyl (C=O) groups is 1. The summed E-state index contributed by atoms with van der Waals surface area (Å²) in [6.07, 6.45) is 20.7. The molecule has 0 bridgehead atoms. The lowest BCUT2D eigenvalue weighted by molar-refractivity contribution is 0.103. The first-order valence-corrected chi connectivity index (χ1v) is 13.8. The molecule has 2 N–H and O–H groups in total. The highest BCUT2D eigenvalue weighted by molar-refractivity contribution is 6.10. The maximum Gasteiger partial charge on any atom is 0.196 e. The minimum atomic E-state index is -0.383. The topological polar surface area (TPSA) is 52.3 Å². The third-order valence-electron chi connectivity index (χ3n) is 6.54. The Bertz CT molecular complexity index is 781. The summed E-state index contributed by atoms with van der Waals surface area (Å²) in [5.74, 6) is 0.542. The number of halogens is 1. The number of ketones is 1. The van der Waals surface area contributed by atoms with Gasteiger partial charge >= 0.3 is 0 Å². The fraction of sp³-hybridized carbons (Fsp3) is 0.581. The summed E-state index contributed by atoms with van der Waals surface area (Å²) in [7, 11) is 0. The van der Waals surface area contributed by atoms with Crippen molar-refractivity contribution in [3.05, 3.63) is 65.7 Å². The summed E-state index contributed by atoms with van der Waals surface area (Å²) in [6.45, 7) is 2.28. The second kappa shape index (κ2) is 20.4. The fourth-order valence-electron chi connectivity index (χ4n) is 4.44. The van der Waals surface area contributed by atoms with E-state index in [4.69, 9.17) is 10.5 Å². The highest BCUT2D eigenvalue weighted by Crippen LogP contribution is 2.23. The third kappa shape index (κ3) is 13.7. The van der Waals surface area contributed by atoms with E-state index in [0.29, 0.717) is 16.9 Å². The zero-order valence-corrected chi connectivity index (χ0v) is 22.7. The van der Waals surface area contributed by atoms with Crippen LogP contribution < -0.4 is 10.5 Å². The first-order chi connectivity index (χ1) is 16.7. The average molecular weight is 502 g/mol. The summed E-state index contributed by atoms with van der Waals surface area (Å²) in [5, 5.41) is 0. The molecule has 0 radical (unpaired) electrons. The van der Waals surface area contributed by atoms with Crippen LogP contribution in [0.25, 0.3) is 0 Å². The molecule has 3 nitrogen and oxygen atoms in total. The molecule has 0 spiro atoms. The van der Waals surface area contributed by atoms with Gasteiger partial charge in [0.15, 0.2) is 5.78 Å². The van der Waals surface area contributed by atoms with Crippen molar-refractivity contribution in [2.24, 2.45) is 5.73 Å². The first-order valence-electron chi connectivity index (χ1n) is 13.8. The number of rotatable bonds is 20. The molecule has 0 aliphatic heterocycles. The highest BCUT2D eigenvalue weighted by Gasteiger charge is 2.16. The molecular formula is C31H48ClNO2. The number of ether oxygens (including phenoxy) is 1. The van der Waals surface area contributed by atoms with Crippen molar-refractivity contribution in [2.45, 2.75) is 116 Å². The van der Waals surface area contributed by atoms with Gasteiger partial charge in [0.1, 0.15) is 12.0 Å². The van der Waals surface area contributed by atoms with E-state index < -0.39 is 0 Å². The van der Waals surface area contributed by atoms with Gasteiger partial charge in [0, 0.05) is 5.56 Å². The van der Waals surface area contributed by atoms with E-state index in [0.717, 1.165) is 12.8 Å². The zero-order valence-electron chi connectivity index (χ0n) is 21.9. The Morgan fingerprint density at radius 1 is 0.686 bits per heavy atom. The molecule has 0 aromatic heterocycles. The van der Waals surface area contributed by atoms with E-state index in [9.17, 15) is 4.79 Å². The van der Waals surface area contributed by atoms with E-state index in [1.54, 1.807) is 0 Å². The van der Waals surface area contributed by atoms with Crippen LogP contribution in [-0.4, -0.2) is 12.0 Å². The van der Waals surface area contributed by atoms with E-state index in [1.807, 2.05) is 54.6 Å². The lowest BCUT2D eigenvalue weighted by Gasteiger charge is -2.17. The first kappa shape index (κ1) is 31.2. The van der Waals surface area contributed by atoms with Gasteiger partial charge in [0.05, 0.1) is 5.56 Å². The molecule has 35 heavy (non-hydrogen) atoms. The Labute approximate surface area is 220 Å². The summed E-state index contributed by atoms with van der Waals surface area (Å²) < 4.78 is 5.96. The molecule has 0 amide bonds. The number of hydrogen-bond acceptors (Lipinski definition) is 3. The summed E-state index contributed by atoms with van der Waals surface area (Å²) in [6, 6.07) is 16.7. The number of unbranched alkanes of at least 4 members (excludes halogenated alkanes) is 14. The molecule has 2 aromatic carbocycles. The molecular weight excluding hydrogens is 454 g/mol. The van der Waals surface area contributed by atoms with E-state index in [1.165, 1.54) is 89.9 Å². The second-order valence-corrected chi connectivity index (χ2v) is 9.59. The Kier molecular flexibility index (Phi) is 18.1. The van der Waals surface area contributed by atoms with E-state index in [2.05, 4.69) is 6.92 Å². The molecule has 0 saturated heterocycles. The normalized spacial score (nSPS) is 11.6. The smallest absolute Gasteiger partial charge is 0.196 e. The molecule has 2 aromatic rings. The van der Waals surface area contributed by atoms with Gasteiger partial charge in [0.2, 0.25) is 0 Å². The molecule has 1 atom stereocenters. The fourth-order valence-corrected chi connectivity index (χ4v) is 4.44. The second-order valence-electron chi connectivity index (χ2n) is 9.59. The molecule has 0 aliphatic carbocycles. The molecule has 4 heteroatoms. The van der Waals surface area contributed by atoms with Gasteiger partial charge in [-0.2, -0.15) is 0 Å². The monoisotopic (exact) mass is 501 g/mol. The quantitative estimate of drug-likeness (QED) is 0.112. The van der Waals surface area contributed by atoms with Gasteiger partial charge in [0.25, 0.3) is 0 Å². The van der Waals surface area contributed by atoms with Crippen LogP contribution in [0.5, 0.6) is 5.75 Å². The number of benzene rings is 2. The largest absolute Gasteiger partial charge is 0.475 e. The lowest BCUT2D eigenvalue weighted by Crippen LogP contribution is -2.27. The van der Waals surface area contributed by atoms with Crippen LogP contribution >= 0.6 is 12.4 Å². The highest BCUT2D eigenvalue weighted by atomic mass is 35.5. The van der Waals surface area contributed by atoms with Crippen molar-refractivity contribution in [3.8, 4) is 5.75 Å². The van der Waals surface area contributed by atoms with Crippen molar-refractivity contribution < 1.29 is 9.53 Å². The number of nitrogens with two attached hydrogens (primary N) is 1. The Morgan fingerprint density at radius 2 is 1.14 bits per heavy atom. The van der Waals surface area contributed by atoms with Gasteiger partial charge < -0.3 is 4.74 Å². The van der Waals surface area contributed by atoms with Crippen molar-refractivity contribution in [3.63, 3.8) is 0 Å². The summed E-state index contributed by atoms with van der Waals surface area (Å²) in [4.78, 5) is 12.8. The summed E-state index contributed by atoms with van der Waals surface area (Å²) in [5.41, 5.74) is 7.47. The van der Waals surface area contributed by atoms with Gasteiger partial charge in [-0.1, -0.05) is 139 Å². The average Bonchev–Trinajstić information content (AvgIpc) is 2.87. The third-order valence-corrected chi connectivity index (χ3v) is 6.54. The minimum absolute atomic E-state index is 0. The van der Waals surface area contributed by atoms with Gasteiger partial charge in [-0.05, 0) is 25.0 Å². The lowest BCUT2D eigenvalue weighted by atomic mass is 10.0. The molecule has 2 rings (SSSR count). The van der Waals surface area contributed by atoms with Crippen LogP contribution in [0, 0.1) is 0 Å². The summed E-state index contributed by atoms with van der Waals surface area (Å²) >= 11 is 0. The number of hydrogen-bond donors (Lipinski definition) is 1. The number of carbonyl (C=O) groups excluding carboxylic acids is 1. The molecule has 0 fully saturated rings. The van der Waals surface area contributed by atoms with Gasteiger partial charge in [-0.25, -0.2) is 0 Å². The molecule has 0 aliphatic rings. The SMILES string of the molecule is CCCCCCCCCCCCCCCCCC(N)Oc1ccccc1C(=O)c1ccccc1.Cl. The van der Waals surface area contributed by atoms with Crippen LogP contribution in [0.2, 0.25) is 0 Å². The standard InChI is InChI=1S/C31H47NO2.ClH/c1-2-3-4-5-6-7-8-9-10-11-12-13-14-15-19-26-30(32)34-29-25-21-20-24-28(29)31(33)27-22-17-16-18-23-27;/h16-18,20-25,30H,2-15,19,26,32H2,1H3;1H. The van der Waals surface area contributed by atoms with Crippen LogP contribution in [0.15, 0.2) is 54.6 Å². The molecule has 196 valence electrons. The Balaban J connectivity index is 0.00000612. The van der Waals surface area contributed by atoms with E-state index >= 15 is 0 Å². The molecule has 1 unspecified atom stereocenters. The van der Waals surface area contributed by atoms with E-state index in [-0.39, 0.29) is 24.4 Å². The predicted octanol–water partition coefficient (Wildman–Crippen LogP) is 9.26. The predicted molar refractivity (Wildman–Crippen MR) is 152 cm³/mol. The van der Waals surface area contributed by atoms with Crippen molar-refractivity contribution in [1.82, 2.24) is 0 Å². The minimum Gasteiger partial charge on any atom is -0.475 e. The van der Waals surface area contributed by atoms with Crippen molar-refractivity contribution >= 4 is 18.2 Å². The van der Waals surface area contributed by atoms with Crippen molar-refractivity contribution in [2.75, 3.05) is 0 Å². The van der Waals surface area contributed by atoms with Crippen LogP contribution in [0.1, 0.15) is 126 Å². The van der Waals surface area contributed by atoms with Crippen LogP contribution in [0.4, 0.5) is 0 Å². The maximum atomic E-state index is 12.8. The van der Waals surface area contributed by atoms with Gasteiger partial charge in [-0.15, -0.1) is 12.4 Å². The Hall–Kier alpha value is -1.84. The molecule has 0 saturated carbocycles.